The molecule has 8 nitrogen and oxygen atoms in total. The number of carbonyl (C=O) groups is 2. The second-order valence-corrected chi connectivity index (χ2v) is 7.64. The minimum atomic E-state index is -1.67. The van der Waals surface area contributed by atoms with Crippen molar-refractivity contribution in [1.29, 1.82) is 0 Å². The molecule has 0 amide bonds. The van der Waals surface area contributed by atoms with E-state index in [9.17, 15) is 19.8 Å². The Balaban J connectivity index is 1.61. The molecule has 3 aliphatic heterocycles. The highest BCUT2D eigenvalue weighted by molar-refractivity contribution is 6.07. The molecule has 2 spiro atoms. The Bertz CT molecular complexity index is 1160. The minimum absolute atomic E-state index is 0.0343. The molecular formula is C20H12O8. The second kappa shape index (κ2) is 4.22. The average Bonchev–Trinajstić information content (AvgIpc) is 3.48. The third-order valence-electron chi connectivity index (χ3n) is 6.18. The predicted molar refractivity (Wildman–Crippen MR) is 88.2 cm³/mol. The molecule has 140 valence electrons. The SMILES string of the molecule is O=C1C[C@@H](O)[C@]23Oc4ccc(O)c5c4[C@@](Oc4cccc1c42)(O3)[C@@H]1O[C@@H]1C5=O. The molecule has 28 heavy (non-hydrogen) atoms. The number of phenolic OH excluding ortho intramolecular Hbond substituents is 1. The van der Waals surface area contributed by atoms with Gasteiger partial charge >= 0.3 is 0 Å². The molecule has 0 unspecified atom stereocenters. The first-order chi connectivity index (χ1) is 13.5. The van der Waals surface area contributed by atoms with Crippen molar-refractivity contribution >= 4 is 11.6 Å². The minimum Gasteiger partial charge on any atom is -0.507 e. The molecule has 1 fully saturated rings. The van der Waals surface area contributed by atoms with E-state index in [4.69, 9.17) is 18.9 Å². The van der Waals surface area contributed by atoms with Crippen LogP contribution in [0.3, 0.4) is 0 Å². The van der Waals surface area contributed by atoms with Gasteiger partial charge < -0.3 is 24.4 Å². The van der Waals surface area contributed by atoms with Crippen LogP contribution in [-0.4, -0.2) is 40.1 Å². The zero-order chi connectivity index (χ0) is 19.0. The van der Waals surface area contributed by atoms with Gasteiger partial charge in [-0.15, -0.1) is 0 Å². The Kier molecular flexibility index (Phi) is 2.27. The van der Waals surface area contributed by atoms with Crippen molar-refractivity contribution in [2.75, 3.05) is 0 Å². The first-order valence-electron chi connectivity index (χ1n) is 8.95. The van der Waals surface area contributed by atoms with Crippen molar-refractivity contribution in [2.45, 2.75) is 36.3 Å². The van der Waals surface area contributed by atoms with Gasteiger partial charge in [0.05, 0.1) is 16.7 Å². The van der Waals surface area contributed by atoms with E-state index in [1.54, 1.807) is 18.2 Å². The molecule has 2 aliphatic carbocycles. The van der Waals surface area contributed by atoms with Crippen molar-refractivity contribution in [3.63, 3.8) is 0 Å². The molecular weight excluding hydrogens is 368 g/mol. The number of ketones is 2. The van der Waals surface area contributed by atoms with Crippen LogP contribution in [0, 0.1) is 0 Å². The molecule has 5 atom stereocenters. The summed E-state index contributed by atoms with van der Waals surface area (Å²) in [6.07, 6.45) is -3.01. The molecule has 2 bridgehead atoms. The molecule has 3 heterocycles. The van der Waals surface area contributed by atoms with Crippen LogP contribution in [0.25, 0.3) is 0 Å². The van der Waals surface area contributed by atoms with Crippen molar-refractivity contribution in [1.82, 2.24) is 0 Å². The lowest BCUT2D eigenvalue weighted by atomic mass is 9.77. The maximum atomic E-state index is 12.7. The quantitative estimate of drug-likeness (QED) is 0.654. The number of Topliss-reactive ketones (excluding diaryl/α,β-unsaturated/α-hetero) is 2. The lowest BCUT2D eigenvalue weighted by Crippen LogP contribution is -2.65. The van der Waals surface area contributed by atoms with Crippen molar-refractivity contribution in [2.24, 2.45) is 0 Å². The van der Waals surface area contributed by atoms with Crippen molar-refractivity contribution in [3.8, 4) is 17.2 Å². The number of carbonyl (C=O) groups excluding carboxylic acids is 2. The topological polar surface area (TPSA) is 115 Å². The van der Waals surface area contributed by atoms with Gasteiger partial charge in [0.2, 0.25) is 0 Å². The summed E-state index contributed by atoms with van der Waals surface area (Å²) in [4.78, 5) is 25.2. The fourth-order valence-electron chi connectivity index (χ4n) is 4.98. The van der Waals surface area contributed by atoms with Crippen molar-refractivity contribution < 1.29 is 38.7 Å². The van der Waals surface area contributed by atoms with E-state index in [0.29, 0.717) is 16.9 Å². The molecule has 0 radical (unpaired) electrons. The number of fused-ring (bicyclic) bond motifs is 1. The van der Waals surface area contributed by atoms with Crippen LogP contribution in [0.1, 0.15) is 38.3 Å². The summed E-state index contributed by atoms with van der Waals surface area (Å²) >= 11 is 0. The van der Waals surface area contributed by atoms with Crippen LogP contribution in [0.4, 0.5) is 0 Å². The predicted octanol–water partition coefficient (Wildman–Crippen LogP) is 1.11. The van der Waals surface area contributed by atoms with Gasteiger partial charge in [-0.05, 0) is 18.2 Å². The normalized spacial score (nSPS) is 37.8. The third kappa shape index (κ3) is 1.38. The number of aliphatic hydroxyl groups is 1. The fraction of sp³-hybridized carbons (Fsp3) is 0.300. The number of aliphatic hydroxyl groups excluding tert-OH is 1. The Morgan fingerprint density at radius 2 is 1.79 bits per heavy atom. The monoisotopic (exact) mass is 380 g/mol. The Morgan fingerprint density at radius 3 is 2.64 bits per heavy atom. The zero-order valence-corrected chi connectivity index (χ0v) is 14.2. The lowest BCUT2D eigenvalue weighted by molar-refractivity contribution is -0.388. The number of ether oxygens (including phenoxy) is 4. The third-order valence-corrected chi connectivity index (χ3v) is 6.18. The van der Waals surface area contributed by atoms with Crippen molar-refractivity contribution in [3.05, 3.63) is 52.6 Å². The first kappa shape index (κ1) is 15.0. The van der Waals surface area contributed by atoms with Gasteiger partial charge in [0.1, 0.15) is 23.4 Å². The van der Waals surface area contributed by atoms with Gasteiger partial charge in [-0.25, -0.2) is 0 Å². The lowest BCUT2D eigenvalue weighted by Gasteiger charge is -2.55. The van der Waals surface area contributed by atoms with Gasteiger partial charge in [0.15, 0.2) is 23.8 Å². The number of phenols is 1. The Morgan fingerprint density at radius 1 is 1.00 bits per heavy atom. The molecule has 5 aliphatic rings. The highest BCUT2D eigenvalue weighted by Gasteiger charge is 2.75. The number of benzene rings is 2. The van der Waals surface area contributed by atoms with E-state index in [0.717, 1.165) is 0 Å². The van der Waals surface area contributed by atoms with E-state index in [2.05, 4.69) is 0 Å². The van der Waals surface area contributed by atoms with Crippen LogP contribution >= 0.6 is 0 Å². The van der Waals surface area contributed by atoms with Crippen LogP contribution < -0.4 is 9.47 Å². The van der Waals surface area contributed by atoms with E-state index in [1.807, 2.05) is 0 Å². The summed E-state index contributed by atoms with van der Waals surface area (Å²) in [6, 6.07) is 7.84. The van der Waals surface area contributed by atoms with Gasteiger partial charge in [-0.3, -0.25) is 14.3 Å². The summed E-state index contributed by atoms with van der Waals surface area (Å²) in [6.45, 7) is 0. The maximum absolute atomic E-state index is 12.7. The highest BCUT2D eigenvalue weighted by Crippen LogP contribution is 2.64. The van der Waals surface area contributed by atoms with Crippen LogP contribution in [-0.2, 0) is 21.0 Å². The Hall–Kier alpha value is -2.94. The smallest absolute Gasteiger partial charge is 0.274 e. The number of hydrogen-bond donors (Lipinski definition) is 2. The van der Waals surface area contributed by atoms with E-state index in [1.165, 1.54) is 12.1 Å². The van der Waals surface area contributed by atoms with Gasteiger partial charge in [-0.2, -0.15) is 0 Å². The van der Waals surface area contributed by atoms with Gasteiger partial charge in [0.25, 0.3) is 11.6 Å². The second-order valence-electron chi connectivity index (χ2n) is 7.64. The maximum Gasteiger partial charge on any atom is 0.274 e. The van der Waals surface area contributed by atoms with Crippen LogP contribution in [0.2, 0.25) is 0 Å². The Labute approximate surface area is 157 Å². The zero-order valence-electron chi connectivity index (χ0n) is 14.2. The number of hydrogen-bond acceptors (Lipinski definition) is 8. The number of rotatable bonds is 0. The molecule has 1 saturated heterocycles. The van der Waals surface area contributed by atoms with E-state index in [-0.39, 0.29) is 40.6 Å². The highest BCUT2D eigenvalue weighted by atomic mass is 16.8. The summed E-state index contributed by atoms with van der Waals surface area (Å²) in [7, 11) is 0. The molecule has 0 saturated carbocycles. The molecule has 2 aromatic rings. The average molecular weight is 380 g/mol. The van der Waals surface area contributed by atoms with Gasteiger partial charge in [0, 0.05) is 12.0 Å². The molecule has 8 heteroatoms. The summed E-state index contributed by atoms with van der Waals surface area (Å²) in [5.41, 5.74) is 0.980. The largest absolute Gasteiger partial charge is 0.507 e. The molecule has 0 aromatic heterocycles. The van der Waals surface area contributed by atoms with Crippen LogP contribution in [0.15, 0.2) is 30.3 Å². The molecule has 2 aromatic carbocycles. The number of aromatic hydroxyl groups is 1. The van der Waals surface area contributed by atoms with E-state index >= 15 is 0 Å². The summed E-state index contributed by atoms with van der Waals surface area (Å²) < 4.78 is 24.3. The van der Waals surface area contributed by atoms with Crippen LogP contribution in [0.5, 0.6) is 17.2 Å². The fourth-order valence-corrected chi connectivity index (χ4v) is 4.98. The standard InChI is InChI=1S/C20H12O8/c21-8-4-5-11-15-13(8)16(24)17-18(25-17)20(15)27-10-3-1-2-7-9(22)6-12(23)19(26-11,28-20)14(7)10/h1-5,12,17-18,21,23H,6H2/t12-,17-,18-,19-,20-/m1/s1. The summed E-state index contributed by atoms with van der Waals surface area (Å²) in [5, 5.41) is 21.2. The van der Waals surface area contributed by atoms with Gasteiger partial charge in [-0.1, -0.05) is 12.1 Å². The van der Waals surface area contributed by atoms with E-state index < -0.39 is 29.9 Å². The first-order valence-corrected chi connectivity index (χ1v) is 8.95. The summed E-state index contributed by atoms with van der Waals surface area (Å²) in [5.74, 6) is -3.49. The molecule has 2 N–H and O–H groups in total. The number of epoxide rings is 1. The molecule has 7 rings (SSSR count).